The standard InChI is InChI=1S/C17H16ClFN4S2/c1-2-14(11-3-5-20-6-4-11)22-15-10-13(19)16(9-12(15)18)25-23-17-21-7-8-24-17/h3-10,14,22H,2H2,1H3,(H,21,23). The molecule has 8 heteroatoms. The predicted octanol–water partition coefficient (Wildman–Crippen LogP) is 6.01. The van der Waals surface area contributed by atoms with Crippen molar-refractivity contribution >= 4 is 45.7 Å². The summed E-state index contributed by atoms with van der Waals surface area (Å²) in [7, 11) is 0. The molecule has 0 saturated heterocycles. The Kier molecular flexibility index (Phi) is 6.12. The minimum Gasteiger partial charge on any atom is -0.377 e. The molecule has 4 nitrogen and oxygen atoms in total. The van der Waals surface area contributed by atoms with E-state index in [-0.39, 0.29) is 11.9 Å². The molecular weight excluding hydrogens is 379 g/mol. The van der Waals surface area contributed by atoms with Crippen LogP contribution in [0.5, 0.6) is 0 Å². The summed E-state index contributed by atoms with van der Waals surface area (Å²) in [5, 5.41) is 6.35. The van der Waals surface area contributed by atoms with Crippen LogP contribution in [0.4, 0.5) is 15.2 Å². The van der Waals surface area contributed by atoms with Gasteiger partial charge in [-0.05, 0) is 48.2 Å². The lowest BCUT2D eigenvalue weighted by Crippen LogP contribution is -2.10. The summed E-state index contributed by atoms with van der Waals surface area (Å²) in [4.78, 5) is 8.54. The van der Waals surface area contributed by atoms with Gasteiger partial charge in [0.2, 0.25) is 0 Å². The third kappa shape index (κ3) is 4.62. The summed E-state index contributed by atoms with van der Waals surface area (Å²) in [6, 6.07) is 6.95. The van der Waals surface area contributed by atoms with Crippen LogP contribution < -0.4 is 10.0 Å². The number of hydrogen-bond donors (Lipinski definition) is 2. The van der Waals surface area contributed by atoms with Gasteiger partial charge >= 0.3 is 0 Å². The number of rotatable bonds is 7. The Morgan fingerprint density at radius 2 is 2.08 bits per heavy atom. The Morgan fingerprint density at radius 3 is 2.76 bits per heavy atom. The number of benzene rings is 1. The van der Waals surface area contributed by atoms with Crippen LogP contribution in [0.25, 0.3) is 0 Å². The number of anilines is 2. The zero-order chi connectivity index (χ0) is 17.6. The molecule has 3 aromatic rings. The number of pyridine rings is 1. The molecule has 0 aliphatic rings. The highest BCUT2D eigenvalue weighted by Crippen LogP contribution is 2.34. The molecule has 0 aliphatic carbocycles. The summed E-state index contributed by atoms with van der Waals surface area (Å²) in [5.41, 5.74) is 1.65. The van der Waals surface area contributed by atoms with E-state index in [1.807, 2.05) is 17.5 Å². The van der Waals surface area contributed by atoms with Crippen molar-refractivity contribution in [2.45, 2.75) is 24.3 Å². The maximum absolute atomic E-state index is 14.4. The number of aromatic nitrogens is 2. The molecule has 2 N–H and O–H groups in total. The fourth-order valence-electron chi connectivity index (χ4n) is 2.29. The van der Waals surface area contributed by atoms with E-state index in [2.05, 4.69) is 26.9 Å². The number of thiazole rings is 1. The molecule has 0 amide bonds. The molecule has 1 aromatic carbocycles. The van der Waals surface area contributed by atoms with E-state index in [4.69, 9.17) is 11.6 Å². The van der Waals surface area contributed by atoms with Crippen LogP contribution in [-0.4, -0.2) is 9.97 Å². The van der Waals surface area contributed by atoms with Gasteiger partial charge in [-0.1, -0.05) is 18.5 Å². The maximum Gasteiger partial charge on any atom is 0.192 e. The molecular formula is C17H16ClFN4S2. The first-order valence-corrected chi connectivity index (χ1v) is 9.72. The molecule has 0 bridgehead atoms. The normalized spacial score (nSPS) is 12.0. The van der Waals surface area contributed by atoms with Crippen LogP contribution in [0.1, 0.15) is 24.9 Å². The lowest BCUT2D eigenvalue weighted by atomic mass is 10.1. The highest BCUT2D eigenvalue weighted by molar-refractivity contribution is 8.00. The lowest BCUT2D eigenvalue weighted by Gasteiger charge is -2.20. The number of halogens is 2. The fraction of sp³-hybridized carbons (Fsp3) is 0.176. The fourth-order valence-corrected chi connectivity index (χ4v) is 3.85. The minimum absolute atomic E-state index is 0.0341. The second kappa shape index (κ2) is 8.51. The van der Waals surface area contributed by atoms with Crippen LogP contribution in [0.2, 0.25) is 5.02 Å². The van der Waals surface area contributed by atoms with Gasteiger partial charge in [-0.25, -0.2) is 9.37 Å². The Bertz CT molecular complexity index is 815. The largest absolute Gasteiger partial charge is 0.377 e. The van der Waals surface area contributed by atoms with Gasteiger partial charge in [-0.3, -0.25) is 4.98 Å². The molecule has 2 aromatic heterocycles. The van der Waals surface area contributed by atoms with E-state index in [0.717, 1.165) is 23.9 Å². The van der Waals surface area contributed by atoms with Crippen molar-refractivity contribution < 1.29 is 4.39 Å². The van der Waals surface area contributed by atoms with Gasteiger partial charge in [0.1, 0.15) is 5.82 Å². The second-order valence-corrected chi connectivity index (χ2v) is 7.34. The topological polar surface area (TPSA) is 49.8 Å². The lowest BCUT2D eigenvalue weighted by molar-refractivity contribution is 0.602. The summed E-state index contributed by atoms with van der Waals surface area (Å²) >= 11 is 8.95. The van der Waals surface area contributed by atoms with Crippen molar-refractivity contribution in [2.75, 3.05) is 10.0 Å². The van der Waals surface area contributed by atoms with Crippen LogP contribution in [0.3, 0.4) is 0 Å². The molecule has 0 radical (unpaired) electrons. The number of nitrogens with zero attached hydrogens (tertiary/aromatic N) is 2. The van der Waals surface area contributed by atoms with Crippen molar-refractivity contribution in [3.8, 4) is 0 Å². The van der Waals surface area contributed by atoms with Crippen molar-refractivity contribution in [3.05, 3.63) is 64.6 Å². The van der Waals surface area contributed by atoms with E-state index in [9.17, 15) is 4.39 Å². The second-order valence-electron chi connectivity index (χ2n) is 5.19. The summed E-state index contributed by atoms with van der Waals surface area (Å²) in [6.07, 6.45) is 6.01. The highest BCUT2D eigenvalue weighted by Gasteiger charge is 2.14. The monoisotopic (exact) mass is 394 g/mol. The molecule has 25 heavy (non-hydrogen) atoms. The molecule has 3 rings (SSSR count). The smallest absolute Gasteiger partial charge is 0.192 e. The van der Waals surface area contributed by atoms with Crippen molar-refractivity contribution in [3.63, 3.8) is 0 Å². The van der Waals surface area contributed by atoms with Gasteiger partial charge in [-0.2, -0.15) is 0 Å². The average Bonchev–Trinajstić information content (AvgIpc) is 3.15. The Morgan fingerprint density at radius 1 is 1.28 bits per heavy atom. The van der Waals surface area contributed by atoms with Crippen LogP contribution >= 0.6 is 34.9 Å². The molecule has 2 heterocycles. The van der Waals surface area contributed by atoms with Crippen LogP contribution in [-0.2, 0) is 0 Å². The van der Waals surface area contributed by atoms with Gasteiger partial charge in [0, 0.05) is 24.0 Å². The van der Waals surface area contributed by atoms with Gasteiger partial charge < -0.3 is 10.0 Å². The zero-order valence-electron chi connectivity index (χ0n) is 13.4. The molecule has 0 saturated carbocycles. The third-order valence-electron chi connectivity index (χ3n) is 3.55. The molecule has 0 fully saturated rings. The Hall–Kier alpha value is -1.83. The first kappa shape index (κ1) is 18.0. The third-order valence-corrected chi connectivity index (χ3v) is 5.51. The maximum atomic E-state index is 14.4. The van der Waals surface area contributed by atoms with Crippen LogP contribution in [0.15, 0.2) is 53.1 Å². The van der Waals surface area contributed by atoms with Gasteiger partial charge in [0.05, 0.1) is 21.6 Å². The average molecular weight is 395 g/mol. The SMILES string of the molecule is CCC(Nc1cc(F)c(SNc2nccs2)cc1Cl)c1ccncc1. The first-order valence-electron chi connectivity index (χ1n) is 7.65. The highest BCUT2D eigenvalue weighted by atomic mass is 35.5. The quantitative estimate of drug-likeness (QED) is 0.480. The van der Waals surface area contributed by atoms with E-state index in [0.29, 0.717) is 20.7 Å². The first-order chi connectivity index (χ1) is 12.2. The van der Waals surface area contributed by atoms with E-state index in [1.165, 1.54) is 17.4 Å². The Labute approximate surface area is 159 Å². The van der Waals surface area contributed by atoms with Crippen molar-refractivity contribution in [1.29, 1.82) is 0 Å². The molecule has 1 unspecified atom stereocenters. The van der Waals surface area contributed by atoms with Gasteiger partial charge in [0.25, 0.3) is 0 Å². The van der Waals surface area contributed by atoms with E-state index in [1.54, 1.807) is 24.7 Å². The minimum atomic E-state index is -0.342. The Balaban J connectivity index is 1.75. The molecule has 1 atom stereocenters. The molecule has 130 valence electrons. The van der Waals surface area contributed by atoms with Gasteiger partial charge in [0.15, 0.2) is 5.13 Å². The van der Waals surface area contributed by atoms with Crippen molar-refractivity contribution in [2.24, 2.45) is 0 Å². The van der Waals surface area contributed by atoms with E-state index >= 15 is 0 Å². The summed E-state index contributed by atoms with van der Waals surface area (Å²) in [6.45, 7) is 2.06. The van der Waals surface area contributed by atoms with Crippen molar-refractivity contribution in [1.82, 2.24) is 9.97 Å². The predicted molar refractivity (Wildman–Crippen MR) is 104 cm³/mol. The summed E-state index contributed by atoms with van der Waals surface area (Å²) in [5.74, 6) is -0.342. The molecule has 0 spiro atoms. The molecule has 0 aliphatic heterocycles. The van der Waals surface area contributed by atoms with Gasteiger partial charge in [-0.15, -0.1) is 11.3 Å². The van der Waals surface area contributed by atoms with Crippen LogP contribution in [0, 0.1) is 5.82 Å². The van der Waals surface area contributed by atoms with E-state index < -0.39 is 0 Å². The number of hydrogen-bond acceptors (Lipinski definition) is 6. The summed E-state index contributed by atoms with van der Waals surface area (Å²) < 4.78 is 17.4. The number of nitrogens with one attached hydrogen (secondary N) is 2. The zero-order valence-corrected chi connectivity index (χ0v) is 15.8.